The van der Waals surface area contributed by atoms with Gasteiger partial charge in [0.25, 0.3) is 0 Å². The summed E-state index contributed by atoms with van der Waals surface area (Å²) in [5.74, 6) is 0. The van der Waals surface area contributed by atoms with Crippen LogP contribution in [0.5, 0.6) is 0 Å². The van der Waals surface area contributed by atoms with Gasteiger partial charge in [-0.25, -0.2) is 0 Å². The first kappa shape index (κ1) is 20.0. The first-order valence-electron chi connectivity index (χ1n) is 9.22. The third-order valence-electron chi connectivity index (χ3n) is 3.91. The average Bonchev–Trinajstić information content (AvgIpc) is 2.66. The average molecular weight is 321 g/mol. The molecule has 0 amide bonds. The Hall–Kier alpha value is -2.08. The lowest BCUT2D eigenvalue weighted by atomic mass is 10.00. The van der Waals surface area contributed by atoms with Crippen molar-refractivity contribution in [2.75, 3.05) is 0 Å². The van der Waals surface area contributed by atoms with E-state index in [4.69, 9.17) is 0 Å². The van der Waals surface area contributed by atoms with Gasteiger partial charge in [-0.15, -0.1) is 0 Å². The van der Waals surface area contributed by atoms with E-state index in [9.17, 15) is 0 Å². The summed E-state index contributed by atoms with van der Waals surface area (Å²) in [6.07, 6.45) is 12.0. The predicted molar refractivity (Wildman–Crippen MR) is 110 cm³/mol. The van der Waals surface area contributed by atoms with Gasteiger partial charge in [-0.3, -0.25) is 0 Å². The molecule has 0 spiro atoms. The standard InChI is InChI=1S/C16H24.C8H8/c1-3-5-10-15(11-6-4-2)14-16-12-8-7-9-13-16;1-2-8-6-4-3-5-7-8/h7-9,12-14H,3-6,10-11H2,1-2H3;2-7H,1H2. The van der Waals surface area contributed by atoms with Crippen LogP contribution in [-0.4, -0.2) is 0 Å². The molecule has 0 radical (unpaired) electrons. The molecule has 2 rings (SSSR count). The summed E-state index contributed by atoms with van der Waals surface area (Å²) in [5, 5.41) is 0. The van der Waals surface area contributed by atoms with Gasteiger partial charge < -0.3 is 0 Å². The fraction of sp³-hybridized carbons (Fsp3) is 0.333. The minimum atomic E-state index is 1.17. The fourth-order valence-corrected chi connectivity index (χ4v) is 2.45. The highest BCUT2D eigenvalue weighted by Crippen LogP contribution is 2.18. The molecule has 0 saturated carbocycles. The highest BCUT2D eigenvalue weighted by atomic mass is 14.0. The van der Waals surface area contributed by atoms with Crippen LogP contribution in [0.2, 0.25) is 0 Å². The first-order chi connectivity index (χ1) is 11.8. The fourth-order valence-electron chi connectivity index (χ4n) is 2.45. The zero-order chi connectivity index (χ0) is 17.5. The Morgan fingerprint density at radius 2 is 1.21 bits per heavy atom. The zero-order valence-corrected chi connectivity index (χ0v) is 15.4. The third kappa shape index (κ3) is 9.15. The highest BCUT2D eigenvalue weighted by Gasteiger charge is 1.97. The minimum Gasteiger partial charge on any atom is -0.0985 e. The van der Waals surface area contributed by atoms with Gasteiger partial charge in [0.05, 0.1) is 0 Å². The second kappa shape index (κ2) is 13.4. The van der Waals surface area contributed by atoms with Gasteiger partial charge >= 0.3 is 0 Å². The van der Waals surface area contributed by atoms with Crippen LogP contribution in [-0.2, 0) is 0 Å². The SMILES string of the molecule is C=Cc1ccccc1.CCCCC(=Cc1ccccc1)CCCC. The van der Waals surface area contributed by atoms with Crippen molar-refractivity contribution in [1.82, 2.24) is 0 Å². The Balaban J connectivity index is 0.000000300. The van der Waals surface area contributed by atoms with Gasteiger partial charge in [-0.1, -0.05) is 112 Å². The molecule has 0 aliphatic rings. The van der Waals surface area contributed by atoms with Crippen molar-refractivity contribution in [3.05, 3.63) is 83.9 Å². The summed E-state index contributed by atoms with van der Waals surface area (Å²) >= 11 is 0. The second-order valence-corrected chi connectivity index (χ2v) is 6.04. The Kier molecular flexibility index (Phi) is 11.1. The maximum atomic E-state index is 3.63. The monoisotopic (exact) mass is 320 g/mol. The molecule has 24 heavy (non-hydrogen) atoms. The van der Waals surface area contributed by atoms with Crippen molar-refractivity contribution in [3.63, 3.8) is 0 Å². The van der Waals surface area contributed by atoms with E-state index >= 15 is 0 Å². The maximum absolute atomic E-state index is 3.63. The van der Waals surface area contributed by atoms with Gasteiger partial charge in [-0.2, -0.15) is 0 Å². The van der Waals surface area contributed by atoms with Crippen molar-refractivity contribution in [1.29, 1.82) is 0 Å². The topological polar surface area (TPSA) is 0 Å². The normalized spacial score (nSPS) is 9.58. The van der Waals surface area contributed by atoms with E-state index < -0.39 is 0 Å². The summed E-state index contributed by atoms with van der Waals surface area (Å²) in [7, 11) is 0. The van der Waals surface area contributed by atoms with E-state index in [0.717, 1.165) is 0 Å². The molecule has 128 valence electrons. The lowest BCUT2D eigenvalue weighted by molar-refractivity contribution is 0.717. The molecule has 0 bridgehead atoms. The van der Waals surface area contributed by atoms with Crippen LogP contribution >= 0.6 is 0 Å². The maximum Gasteiger partial charge on any atom is -0.0257 e. The van der Waals surface area contributed by atoms with Crippen molar-refractivity contribution >= 4 is 12.2 Å². The molecule has 0 saturated heterocycles. The van der Waals surface area contributed by atoms with Gasteiger partial charge in [0.15, 0.2) is 0 Å². The van der Waals surface area contributed by atoms with Crippen LogP contribution in [0, 0.1) is 0 Å². The molecule has 0 fully saturated rings. The molecule has 0 aliphatic heterocycles. The number of unbranched alkanes of at least 4 members (excludes halogenated alkanes) is 2. The van der Waals surface area contributed by atoms with E-state index in [1.165, 1.54) is 49.7 Å². The van der Waals surface area contributed by atoms with E-state index in [2.05, 4.69) is 56.8 Å². The van der Waals surface area contributed by atoms with E-state index in [-0.39, 0.29) is 0 Å². The molecule has 0 atom stereocenters. The summed E-state index contributed by atoms with van der Waals surface area (Å²) in [6, 6.07) is 20.7. The number of benzene rings is 2. The van der Waals surface area contributed by atoms with Crippen LogP contribution in [0.15, 0.2) is 72.8 Å². The number of hydrogen-bond acceptors (Lipinski definition) is 0. The molecule has 0 nitrogen and oxygen atoms in total. The van der Waals surface area contributed by atoms with Crippen LogP contribution in [0.4, 0.5) is 0 Å². The zero-order valence-electron chi connectivity index (χ0n) is 15.4. The van der Waals surface area contributed by atoms with Crippen LogP contribution in [0.1, 0.15) is 63.5 Å². The summed E-state index contributed by atoms with van der Waals surface area (Å²) in [6.45, 7) is 8.16. The van der Waals surface area contributed by atoms with E-state index in [1.807, 2.05) is 36.4 Å². The lowest BCUT2D eigenvalue weighted by Gasteiger charge is -2.06. The van der Waals surface area contributed by atoms with Gasteiger partial charge in [-0.05, 0) is 36.8 Å². The van der Waals surface area contributed by atoms with E-state index in [0.29, 0.717) is 0 Å². The molecular weight excluding hydrogens is 288 g/mol. The van der Waals surface area contributed by atoms with Gasteiger partial charge in [0.1, 0.15) is 0 Å². The largest absolute Gasteiger partial charge is 0.0985 e. The molecule has 2 aromatic rings. The Bertz CT molecular complexity index is 554. The Morgan fingerprint density at radius 3 is 1.58 bits per heavy atom. The first-order valence-corrected chi connectivity index (χ1v) is 9.22. The predicted octanol–water partition coefficient (Wildman–Crippen LogP) is 7.78. The van der Waals surface area contributed by atoms with Gasteiger partial charge in [0, 0.05) is 0 Å². The second-order valence-electron chi connectivity index (χ2n) is 6.04. The molecule has 0 heteroatoms. The highest BCUT2D eigenvalue weighted by molar-refractivity contribution is 5.52. The molecular formula is C24H32. The number of allylic oxidation sites excluding steroid dienone is 1. The quantitative estimate of drug-likeness (QED) is 0.466. The molecule has 0 N–H and O–H groups in total. The van der Waals surface area contributed by atoms with Crippen molar-refractivity contribution in [2.24, 2.45) is 0 Å². The summed E-state index contributed by atoms with van der Waals surface area (Å²) in [4.78, 5) is 0. The van der Waals surface area contributed by atoms with Crippen LogP contribution in [0.25, 0.3) is 12.2 Å². The lowest BCUT2D eigenvalue weighted by Crippen LogP contribution is -1.85. The third-order valence-corrected chi connectivity index (χ3v) is 3.91. The molecule has 2 aromatic carbocycles. The van der Waals surface area contributed by atoms with Gasteiger partial charge in [0.2, 0.25) is 0 Å². The Morgan fingerprint density at radius 1 is 0.750 bits per heavy atom. The van der Waals surface area contributed by atoms with Crippen LogP contribution in [0.3, 0.4) is 0 Å². The van der Waals surface area contributed by atoms with Crippen molar-refractivity contribution in [2.45, 2.75) is 52.4 Å². The van der Waals surface area contributed by atoms with Crippen molar-refractivity contribution in [3.8, 4) is 0 Å². The number of rotatable bonds is 8. The molecule has 0 unspecified atom stereocenters. The van der Waals surface area contributed by atoms with E-state index in [1.54, 1.807) is 5.57 Å². The Labute approximate surface area is 148 Å². The molecule has 0 heterocycles. The van der Waals surface area contributed by atoms with Crippen LogP contribution < -0.4 is 0 Å². The smallest absolute Gasteiger partial charge is 0.0257 e. The summed E-state index contributed by atoms with van der Waals surface area (Å²) < 4.78 is 0. The minimum absolute atomic E-state index is 1.17. The summed E-state index contributed by atoms with van der Waals surface area (Å²) in [5.41, 5.74) is 4.15. The number of hydrogen-bond donors (Lipinski definition) is 0. The molecule has 0 aliphatic carbocycles. The van der Waals surface area contributed by atoms with Crippen molar-refractivity contribution < 1.29 is 0 Å². The molecule has 0 aromatic heterocycles.